The molecule has 2 saturated carbocycles. The van der Waals surface area contributed by atoms with Gasteiger partial charge in [0.15, 0.2) is 8.46 Å². The van der Waals surface area contributed by atoms with Gasteiger partial charge in [-0.2, -0.15) is 0 Å². The lowest BCUT2D eigenvalue weighted by molar-refractivity contribution is 0.162. The van der Waals surface area contributed by atoms with E-state index in [4.69, 9.17) is 0 Å². The van der Waals surface area contributed by atoms with Crippen LogP contribution in [0.4, 0.5) is 0 Å². The molecule has 0 heterocycles. The van der Waals surface area contributed by atoms with Crippen molar-refractivity contribution in [1.82, 2.24) is 0 Å². The normalized spacial score (nSPS) is 25.3. The van der Waals surface area contributed by atoms with Crippen molar-refractivity contribution in [1.29, 1.82) is 0 Å². The zero-order valence-corrected chi connectivity index (χ0v) is 11.3. The Morgan fingerprint density at radius 2 is 1.25 bits per heavy atom. The van der Waals surface area contributed by atoms with Gasteiger partial charge in [0.1, 0.15) is 0 Å². The highest BCUT2D eigenvalue weighted by molar-refractivity contribution is 7.23. The molecular formula is C14H25OP. The monoisotopic (exact) mass is 240 g/mol. The molecular weight excluding hydrogens is 215 g/mol. The second kappa shape index (κ2) is 6.74. The van der Waals surface area contributed by atoms with Gasteiger partial charge in [-0.15, -0.1) is 0 Å². The summed E-state index contributed by atoms with van der Waals surface area (Å²) in [7, 11) is 0.392. The molecule has 0 spiro atoms. The number of hydrogen-bond donors (Lipinski definition) is 0. The third-order valence-corrected chi connectivity index (χ3v) is 5.37. The molecule has 0 radical (unpaired) electrons. The van der Waals surface area contributed by atoms with Gasteiger partial charge in [-0.3, -0.25) is 4.57 Å². The Kier molecular flexibility index (Phi) is 5.29. The van der Waals surface area contributed by atoms with Gasteiger partial charge >= 0.3 is 0 Å². The van der Waals surface area contributed by atoms with Gasteiger partial charge in [0.25, 0.3) is 0 Å². The standard InChI is InChI=1S/C14H25OP/c15-16-11-14(12-7-3-1-4-8-12)13-9-5-2-6-10-13/h12-14H,1-11H2. The summed E-state index contributed by atoms with van der Waals surface area (Å²) in [5, 5.41) is 0. The maximum Gasteiger partial charge on any atom is 0.155 e. The average molecular weight is 240 g/mol. The van der Waals surface area contributed by atoms with Gasteiger partial charge in [0.05, 0.1) is 0 Å². The van der Waals surface area contributed by atoms with Crippen molar-refractivity contribution in [2.45, 2.75) is 64.2 Å². The van der Waals surface area contributed by atoms with Crippen LogP contribution in [-0.2, 0) is 4.57 Å². The number of rotatable bonds is 4. The summed E-state index contributed by atoms with van der Waals surface area (Å²) < 4.78 is 11.0. The zero-order chi connectivity index (χ0) is 11.2. The fourth-order valence-corrected chi connectivity index (χ4v) is 4.66. The van der Waals surface area contributed by atoms with Crippen LogP contribution in [-0.4, -0.2) is 6.16 Å². The second-order valence-electron chi connectivity index (χ2n) is 5.77. The maximum atomic E-state index is 11.0. The Morgan fingerprint density at radius 3 is 1.62 bits per heavy atom. The van der Waals surface area contributed by atoms with Crippen LogP contribution in [0.5, 0.6) is 0 Å². The first kappa shape index (κ1) is 12.6. The van der Waals surface area contributed by atoms with Crippen LogP contribution in [0, 0.1) is 17.8 Å². The van der Waals surface area contributed by atoms with Crippen LogP contribution in [0.15, 0.2) is 0 Å². The summed E-state index contributed by atoms with van der Waals surface area (Å²) in [4.78, 5) is 0. The summed E-state index contributed by atoms with van der Waals surface area (Å²) in [5.41, 5.74) is 0. The molecule has 0 saturated heterocycles. The predicted molar refractivity (Wildman–Crippen MR) is 69.1 cm³/mol. The first-order chi connectivity index (χ1) is 7.92. The lowest BCUT2D eigenvalue weighted by Crippen LogP contribution is -2.28. The lowest BCUT2D eigenvalue weighted by Gasteiger charge is -2.36. The van der Waals surface area contributed by atoms with E-state index in [9.17, 15) is 4.57 Å². The van der Waals surface area contributed by atoms with E-state index < -0.39 is 0 Å². The highest BCUT2D eigenvalue weighted by atomic mass is 31.1. The Morgan fingerprint density at radius 1 is 0.812 bits per heavy atom. The van der Waals surface area contributed by atoms with Gasteiger partial charge in [-0.1, -0.05) is 64.2 Å². The predicted octanol–water partition coefficient (Wildman–Crippen LogP) is 5.05. The molecule has 16 heavy (non-hydrogen) atoms. The van der Waals surface area contributed by atoms with Gasteiger partial charge in [0.2, 0.25) is 0 Å². The average Bonchev–Trinajstić information content (AvgIpc) is 2.38. The van der Waals surface area contributed by atoms with Crippen LogP contribution in [0.1, 0.15) is 64.2 Å². The molecule has 2 heteroatoms. The van der Waals surface area contributed by atoms with Crippen molar-refractivity contribution in [2.75, 3.05) is 6.16 Å². The van der Waals surface area contributed by atoms with Gasteiger partial charge in [-0.25, -0.2) is 0 Å². The molecule has 0 amide bonds. The van der Waals surface area contributed by atoms with E-state index in [1.165, 1.54) is 64.2 Å². The maximum absolute atomic E-state index is 11.0. The molecule has 0 aromatic heterocycles. The molecule has 2 aliphatic rings. The van der Waals surface area contributed by atoms with Crippen molar-refractivity contribution in [3.63, 3.8) is 0 Å². The first-order valence-corrected chi connectivity index (χ1v) is 8.20. The summed E-state index contributed by atoms with van der Waals surface area (Å²) in [6, 6.07) is 0. The minimum atomic E-state index is 0.392. The summed E-state index contributed by atoms with van der Waals surface area (Å²) in [6.07, 6.45) is 15.1. The quantitative estimate of drug-likeness (QED) is 0.628. The third kappa shape index (κ3) is 3.29. The van der Waals surface area contributed by atoms with Crippen LogP contribution >= 0.6 is 8.46 Å². The molecule has 2 aliphatic carbocycles. The summed E-state index contributed by atoms with van der Waals surface area (Å²) in [6.45, 7) is 0. The first-order valence-electron chi connectivity index (χ1n) is 7.21. The molecule has 0 aromatic carbocycles. The fraction of sp³-hybridized carbons (Fsp3) is 1.00. The van der Waals surface area contributed by atoms with Gasteiger partial charge in [-0.05, 0) is 17.8 Å². The Balaban J connectivity index is 1.93. The van der Waals surface area contributed by atoms with E-state index in [-0.39, 0.29) is 0 Å². The zero-order valence-electron chi connectivity index (χ0n) is 10.4. The van der Waals surface area contributed by atoms with Crippen molar-refractivity contribution < 1.29 is 4.57 Å². The molecule has 2 rings (SSSR count). The van der Waals surface area contributed by atoms with E-state index in [1.807, 2.05) is 0 Å². The fourth-order valence-electron chi connectivity index (χ4n) is 3.89. The Hall–Kier alpha value is 0.100. The Bertz CT molecular complexity index is 187. The molecule has 0 aromatic rings. The van der Waals surface area contributed by atoms with Gasteiger partial charge < -0.3 is 0 Å². The molecule has 92 valence electrons. The molecule has 0 N–H and O–H groups in total. The largest absolute Gasteiger partial charge is 0.275 e. The highest BCUT2D eigenvalue weighted by Gasteiger charge is 2.31. The van der Waals surface area contributed by atoms with Gasteiger partial charge in [0, 0.05) is 6.16 Å². The van der Waals surface area contributed by atoms with Crippen molar-refractivity contribution in [3.05, 3.63) is 0 Å². The van der Waals surface area contributed by atoms with E-state index in [0.717, 1.165) is 23.9 Å². The van der Waals surface area contributed by atoms with Crippen molar-refractivity contribution in [2.24, 2.45) is 17.8 Å². The molecule has 0 atom stereocenters. The van der Waals surface area contributed by atoms with Crippen molar-refractivity contribution >= 4 is 8.46 Å². The SMILES string of the molecule is O=PCC(C1CCCCC1)C1CCCCC1. The second-order valence-corrected chi connectivity index (χ2v) is 6.40. The smallest absolute Gasteiger partial charge is 0.155 e. The molecule has 0 aliphatic heterocycles. The van der Waals surface area contributed by atoms with Crippen LogP contribution < -0.4 is 0 Å². The van der Waals surface area contributed by atoms with Crippen LogP contribution in [0.3, 0.4) is 0 Å². The highest BCUT2D eigenvalue weighted by Crippen LogP contribution is 2.41. The molecule has 0 unspecified atom stereocenters. The van der Waals surface area contributed by atoms with Crippen LogP contribution in [0.2, 0.25) is 0 Å². The Labute approximate surface area is 102 Å². The minimum absolute atomic E-state index is 0.392. The minimum Gasteiger partial charge on any atom is -0.275 e. The van der Waals surface area contributed by atoms with Crippen LogP contribution in [0.25, 0.3) is 0 Å². The lowest BCUT2D eigenvalue weighted by atomic mass is 9.70. The van der Waals surface area contributed by atoms with E-state index >= 15 is 0 Å². The topological polar surface area (TPSA) is 17.1 Å². The number of hydrogen-bond acceptors (Lipinski definition) is 1. The molecule has 2 fully saturated rings. The van der Waals surface area contributed by atoms with E-state index in [1.54, 1.807) is 0 Å². The third-order valence-electron chi connectivity index (χ3n) is 4.80. The van der Waals surface area contributed by atoms with Crippen molar-refractivity contribution in [3.8, 4) is 0 Å². The van der Waals surface area contributed by atoms with E-state index in [0.29, 0.717) is 8.46 Å². The summed E-state index contributed by atoms with van der Waals surface area (Å²) >= 11 is 0. The summed E-state index contributed by atoms with van der Waals surface area (Å²) in [5.74, 6) is 2.58. The molecule has 0 bridgehead atoms. The van der Waals surface area contributed by atoms with E-state index in [2.05, 4.69) is 0 Å². The molecule has 1 nitrogen and oxygen atoms in total.